The van der Waals surface area contributed by atoms with Crippen molar-refractivity contribution >= 4 is 17.8 Å². The second-order valence-corrected chi connectivity index (χ2v) is 4.87. The highest BCUT2D eigenvalue weighted by Crippen LogP contribution is 2.25. The number of aliphatic carboxylic acids is 2. The minimum Gasteiger partial charge on any atom is -0.481 e. The van der Waals surface area contributed by atoms with Gasteiger partial charge in [-0.05, 0) is 13.3 Å². The summed E-state index contributed by atoms with van der Waals surface area (Å²) in [5, 5.41) is 17.0. The Balaban J connectivity index is 2.34. The van der Waals surface area contributed by atoms with E-state index in [0.717, 1.165) is 0 Å². The highest BCUT2D eigenvalue weighted by atomic mass is 16.5. The summed E-state index contributed by atoms with van der Waals surface area (Å²) in [6.45, 7) is 1.83. The molecular weight excluding hydrogens is 256 g/mol. The zero-order valence-electron chi connectivity index (χ0n) is 10.7. The van der Waals surface area contributed by atoms with Crippen LogP contribution in [0.4, 0.5) is 0 Å². The molecule has 0 spiro atoms. The molecule has 8 nitrogen and oxygen atoms in total. The van der Waals surface area contributed by atoms with Crippen molar-refractivity contribution in [3.05, 3.63) is 0 Å². The zero-order chi connectivity index (χ0) is 14.6. The molecule has 1 fully saturated rings. The third kappa shape index (κ3) is 4.49. The molecule has 1 heterocycles. The van der Waals surface area contributed by atoms with Crippen LogP contribution in [0, 0.1) is 0 Å². The van der Waals surface area contributed by atoms with Gasteiger partial charge in [-0.1, -0.05) is 0 Å². The van der Waals surface area contributed by atoms with Gasteiger partial charge in [-0.15, -0.1) is 0 Å². The van der Waals surface area contributed by atoms with Gasteiger partial charge in [0.05, 0.1) is 19.1 Å². The SMILES string of the molecule is CC1(OCC(=O)O)CN(C(=O)C(N)CCC(=O)O)C1. The van der Waals surface area contributed by atoms with Crippen LogP contribution in [0.15, 0.2) is 0 Å². The summed E-state index contributed by atoms with van der Waals surface area (Å²) < 4.78 is 5.16. The minimum atomic E-state index is -1.07. The number of ether oxygens (including phenoxy) is 1. The van der Waals surface area contributed by atoms with E-state index in [1.165, 1.54) is 4.90 Å². The number of likely N-dealkylation sites (tertiary alicyclic amines) is 1. The Morgan fingerprint density at radius 1 is 1.32 bits per heavy atom. The third-order valence-corrected chi connectivity index (χ3v) is 2.89. The molecule has 0 aliphatic carbocycles. The highest BCUT2D eigenvalue weighted by Gasteiger charge is 2.43. The number of hydrogen-bond donors (Lipinski definition) is 3. The maximum Gasteiger partial charge on any atom is 0.329 e. The Bertz CT molecular complexity index is 377. The van der Waals surface area contributed by atoms with E-state index in [4.69, 9.17) is 20.7 Å². The van der Waals surface area contributed by atoms with Crippen molar-refractivity contribution in [2.24, 2.45) is 5.73 Å². The van der Waals surface area contributed by atoms with Crippen molar-refractivity contribution in [1.82, 2.24) is 4.90 Å². The van der Waals surface area contributed by atoms with Crippen molar-refractivity contribution < 1.29 is 29.3 Å². The normalized spacial score (nSPS) is 18.5. The van der Waals surface area contributed by atoms with Crippen LogP contribution < -0.4 is 5.73 Å². The van der Waals surface area contributed by atoms with Crippen molar-refractivity contribution in [3.8, 4) is 0 Å². The van der Waals surface area contributed by atoms with Gasteiger partial charge in [0, 0.05) is 6.42 Å². The molecule has 0 saturated carbocycles. The molecule has 8 heteroatoms. The fourth-order valence-electron chi connectivity index (χ4n) is 1.88. The lowest BCUT2D eigenvalue weighted by atomic mass is 9.95. The summed E-state index contributed by atoms with van der Waals surface area (Å²) in [6, 6.07) is -0.847. The van der Waals surface area contributed by atoms with E-state index in [1.807, 2.05) is 0 Å². The molecule has 1 aliphatic heterocycles. The summed E-state index contributed by atoms with van der Waals surface area (Å²) in [4.78, 5) is 34.0. The van der Waals surface area contributed by atoms with Crippen LogP contribution in [0.5, 0.6) is 0 Å². The maximum atomic E-state index is 11.8. The van der Waals surface area contributed by atoms with Gasteiger partial charge >= 0.3 is 11.9 Å². The molecule has 0 bridgehead atoms. The largest absolute Gasteiger partial charge is 0.481 e. The first-order valence-electron chi connectivity index (χ1n) is 5.85. The van der Waals surface area contributed by atoms with Gasteiger partial charge in [0.15, 0.2) is 0 Å². The fraction of sp³-hybridized carbons (Fsp3) is 0.727. The van der Waals surface area contributed by atoms with Gasteiger partial charge < -0.3 is 25.6 Å². The number of rotatable bonds is 7. The third-order valence-electron chi connectivity index (χ3n) is 2.89. The van der Waals surface area contributed by atoms with Crippen LogP contribution in [-0.4, -0.2) is 64.3 Å². The van der Waals surface area contributed by atoms with Crippen LogP contribution in [0.1, 0.15) is 19.8 Å². The number of hydrogen-bond acceptors (Lipinski definition) is 5. The lowest BCUT2D eigenvalue weighted by Crippen LogP contribution is -2.65. The van der Waals surface area contributed by atoms with Gasteiger partial charge in [-0.25, -0.2) is 4.79 Å². The summed E-state index contributed by atoms with van der Waals surface area (Å²) in [6.07, 6.45) is -0.0785. The molecular formula is C11H18N2O6. The Morgan fingerprint density at radius 2 is 1.89 bits per heavy atom. The Hall–Kier alpha value is -1.67. The first-order valence-corrected chi connectivity index (χ1v) is 5.85. The number of nitrogens with zero attached hydrogens (tertiary/aromatic N) is 1. The molecule has 1 atom stereocenters. The predicted molar refractivity (Wildman–Crippen MR) is 63.4 cm³/mol. The number of carbonyl (C=O) groups excluding carboxylic acids is 1. The quantitative estimate of drug-likeness (QED) is 0.536. The van der Waals surface area contributed by atoms with Gasteiger partial charge in [0.1, 0.15) is 12.2 Å². The molecule has 1 saturated heterocycles. The second kappa shape index (κ2) is 5.98. The molecule has 1 rings (SSSR count). The number of carbonyl (C=O) groups is 3. The minimum absolute atomic E-state index is 0.0807. The van der Waals surface area contributed by atoms with E-state index >= 15 is 0 Å². The summed E-state index contributed by atoms with van der Waals surface area (Å²) >= 11 is 0. The molecule has 0 aromatic heterocycles. The van der Waals surface area contributed by atoms with Crippen LogP contribution in [0.25, 0.3) is 0 Å². The Labute approximate surface area is 110 Å². The molecule has 108 valence electrons. The summed E-state index contributed by atoms with van der Waals surface area (Å²) in [5.41, 5.74) is 4.93. The molecule has 1 amide bonds. The van der Waals surface area contributed by atoms with Gasteiger partial charge in [-0.2, -0.15) is 0 Å². The Kier molecular flexibility index (Phi) is 4.84. The number of amides is 1. The molecule has 1 unspecified atom stereocenters. The van der Waals surface area contributed by atoms with Crippen molar-refractivity contribution in [2.75, 3.05) is 19.7 Å². The molecule has 19 heavy (non-hydrogen) atoms. The van der Waals surface area contributed by atoms with Crippen molar-refractivity contribution in [3.63, 3.8) is 0 Å². The maximum absolute atomic E-state index is 11.8. The van der Waals surface area contributed by atoms with Crippen molar-refractivity contribution in [1.29, 1.82) is 0 Å². The van der Waals surface area contributed by atoms with E-state index in [-0.39, 0.29) is 31.8 Å². The summed E-state index contributed by atoms with van der Waals surface area (Å²) in [7, 11) is 0. The standard InChI is InChI=1S/C11H18N2O6/c1-11(19-4-9(16)17)5-13(6-11)10(18)7(12)2-3-8(14)15/h7H,2-6,12H2,1H3,(H,14,15)(H,16,17). The average Bonchev–Trinajstić information content (AvgIpc) is 2.28. The fourth-order valence-corrected chi connectivity index (χ4v) is 1.88. The van der Waals surface area contributed by atoms with E-state index in [9.17, 15) is 14.4 Å². The predicted octanol–water partition coefficient (Wildman–Crippen LogP) is -1.12. The topological polar surface area (TPSA) is 130 Å². The highest BCUT2D eigenvalue weighted by molar-refractivity contribution is 5.83. The zero-order valence-corrected chi connectivity index (χ0v) is 10.7. The monoisotopic (exact) mass is 274 g/mol. The molecule has 0 aromatic rings. The average molecular weight is 274 g/mol. The van der Waals surface area contributed by atoms with Crippen LogP contribution in [-0.2, 0) is 19.1 Å². The van der Waals surface area contributed by atoms with Crippen LogP contribution >= 0.6 is 0 Å². The van der Waals surface area contributed by atoms with Crippen LogP contribution in [0.2, 0.25) is 0 Å². The first kappa shape index (κ1) is 15.4. The molecule has 0 radical (unpaired) electrons. The summed E-state index contributed by atoms with van der Waals surface area (Å²) in [5.74, 6) is -2.40. The molecule has 0 aromatic carbocycles. The first-order chi connectivity index (χ1) is 8.73. The van der Waals surface area contributed by atoms with E-state index < -0.39 is 30.2 Å². The molecule has 4 N–H and O–H groups in total. The Morgan fingerprint density at radius 3 is 2.37 bits per heavy atom. The number of carboxylic acids is 2. The van der Waals surface area contributed by atoms with E-state index in [2.05, 4.69) is 0 Å². The van der Waals surface area contributed by atoms with E-state index in [1.54, 1.807) is 6.92 Å². The van der Waals surface area contributed by atoms with E-state index in [0.29, 0.717) is 0 Å². The lowest BCUT2D eigenvalue weighted by Gasteiger charge is -2.47. The smallest absolute Gasteiger partial charge is 0.329 e. The molecule has 1 aliphatic rings. The number of carboxylic acid groups (broad SMARTS) is 2. The number of nitrogens with two attached hydrogens (primary N) is 1. The lowest BCUT2D eigenvalue weighted by molar-refractivity contribution is -0.174. The van der Waals surface area contributed by atoms with Gasteiger partial charge in [0.25, 0.3) is 0 Å². The van der Waals surface area contributed by atoms with Crippen LogP contribution in [0.3, 0.4) is 0 Å². The van der Waals surface area contributed by atoms with Gasteiger partial charge in [0.2, 0.25) is 5.91 Å². The van der Waals surface area contributed by atoms with Crippen molar-refractivity contribution in [2.45, 2.75) is 31.4 Å². The second-order valence-electron chi connectivity index (χ2n) is 4.87. The van der Waals surface area contributed by atoms with Gasteiger partial charge in [-0.3, -0.25) is 9.59 Å².